The van der Waals surface area contributed by atoms with Gasteiger partial charge in [0.25, 0.3) is 0 Å². The van der Waals surface area contributed by atoms with E-state index in [1.807, 2.05) is 0 Å². The number of rotatable bonds is 1. The van der Waals surface area contributed by atoms with Crippen LogP contribution in [0, 0.1) is 0 Å². The van der Waals surface area contributed by atoms with Gasteiger partial charge >= 0.3 is 0 Å². The maximum atomic E-state index is 4.33. The van der Waals surface area contributed by atoms with Crippen molar-refractivity contribution in [3.63, 3.8) is 0 Å². The van der Waals surface area contributed by atoms with Gasteiger partial charge in [0.15, 0.2) is 0 Å². The molecule has 0 N–H and O–H groups in total. The van der Waals surface area contributed by atoms with Crippen molar-refractivity contribution < 1.29 is 0 Å². The smallest absolute Gasteiger partial charge is 0.0524 e. The van der Waals surface area contributed by atoms with Crippen molar-refractivity contribution in [2.45, 2.75) is 0 Å². The largest absolute Gasteiger partial charge is 0.128 e. The molecule has 0 unspecified atom stereocenters. The first-order valence-electron chi connectivity index (χ1n) is 2.00. The van der Waals surface area contributed by atoms with Crippen LogP contribution in [-0.2, 0) is 21.8 Å². The van der Waals surface area contributed by atoms with Crippen molar-refractivity contribution in [1.29, 1.82) is 0 Å². The summed E-state index contributed by atoms with van der Waals surface area (Å²) in [6, 6.07) is 0. The molecular weight excluding hydrogens is 126 g/mol. The van der Waals surface area contributed by atoms with E-state index in [2.05, 4.69) is 28.8 Å². The molecule has 0 radical (unpaired) electrons. The van der Waals surface area contributed by atoms with Gasteiger partial charge in [-0.2, -0.15) is 0 Å². The predicted octanol–water partition coefficient (Wildman–Crippen LogP) is 0.841. The van der Waals surface area contributed by atoms with Gasteiger partial charge in [-0.25, -0.2) is 0 Å². The lowest BCUT2D eigenvalue weighted by atomic mass is 11.9. The highest BCUT2D eigenvalue weighted by Crippen LogP contribution is 1.86. The van der Waals surface area contributed by atoms with Crippen molar-refractivity contribution in [3.05, 3.63) is 0 Å². The molecule has 0 aliphatic carbocycles. The van der Waals surface area contributed by atoms with Crippen LogP contribution < -0.4 is 0 Å². The molecule has 0 aliphatic rings. The fourth-order valence-electron chi connectivity index (χ4n) is 0.298. The highest BCUT2D eigenvalue weighted by Gasteiger charge is 1.93. The summed E-state index contributed by atoms with van der Waals surface area (Å²) < 4.78 is 4.33. The van der Waals surface area contributed by atoms with E-state index in [0.29, 0.717) is 21.8 Å². The summed E-state index contributed by atoms with van der Waals surface area (Å²) in [6.45, 7) is 0. The monoisotopic (exact) mass is 138 g/mol. The second-order valence-electron chi connectivity index (χ2n) is 1.62. The Hall–Kier alpha value is 0.500. The predicted molar refractivity (Wildman–Crippen MR) is 40.9 cm³/mol. The molecule has 3 heteroatoms. The Morgan fingerprint density at radius 3 is 1.71 bits per heavy atom. The van der Waals surface area contributed by atoms with E-state index >= 15 is 0 Å². The Kier molecular flexibility index (Phi) is 3.75. The molecule has 1 nitrogen and oxygen atoms in total. The van der Waals surface area contributed by atoms with E-state index < -0.39 is 0 Å². The standard InChI is InChI=1S/C4H12NS2/c1-6(2)5-7(3)4/h1-4H3/q+1. The van der Waals surface area contributed by atoms with E-state index in [9.17, 15) is 0 Å². The van der Waals surface area contributed by atoms with Gasteiger partial charge in [-0.1, -0.05) is 10.7 Å². The fourth-order valence-corrected chi connectivity index (χ4v) is 2.68. The summed E-state index contributed by atoms with van der Waals surface area (Å²) in [5, 5.41) is 0. The highest BCUT2D eigenvalue weighted by molar-refractivity contribution is 8.02. The van der Waals surface area contributed by atoms with Gasteiger partial charge in [0.05, 0.1) is 0 Å². The third-order valence-corrected chi connectivity index (χ3v) is 2.68. The van der Waals surface area contributed by atoms with Crippen molar-refractivity contribution >= 4 is 21.8 Å². The minimum absolute atomic E-state index is 0.292. The van der Waals surface area contributed by atoms with Crippen LogP contribution in [0.2, 0.25) is 0 Å². The van der Waals surface area contributed by atoms with Crippen LogP contribution in [0.1, 0.15) is 0 Å². The Labute approximate surface area is 51.1 Å². The molecule has 0 spiro atoms. The zero-order valence-electron chi connectivity index (χ0n) is 5.26. The molecule has 0 amide bonds. The first-order valence-corrected chi connectivity index (χ1v) is 5.99. The van der Waals surface area contributed by atoms with E-state index in [1.54, 1.807) is 0 Å². The maximum Gasteiger partial charge on any atom is 0.128 e. The first-order chi connectivity index (χ1) is 3.13. The van der Waals surface area contributed by atoms with Crippen molar-refractivity contribution in [1.82, 2.24) is 0 Å². The van der Waals surface area contributed by atoms with Gasteiger partial charge in [0.1, 0.15) is 23.6 Å². The van der Waals surface area contributed by atoms with Crippen LogP contribution >= 0.6 is 0 Å². The Balaban J connectivity index is 3.45. The number of hydrogen-bond acceptors (Lipinski definition) is 1. The average Bonchev–Trinajstić information content (AvgIpc) is 1.27. The maximum absolute atomic E-state index is 4.33. The molecule has 0 saturated carbocycles. The van der Waals surface area contributed by atoms with E-state index in [1.165, 1.54) is 0 Å². The molecule has 0 rings (SSSR count). The topological polar surface area (TPSA) is 12.4 Å². The van der Waals surface area contributed by atoms with Gasteiger partial charge in [-0.05, 0) is 16.3 Å². The Bertz CT molecular complexity index is 73.8. The van der Waals surface area contributed by atoms with Crippen LogP contribution in [0.4, 0.5) is 0 Å². The lowest BCUT2D eigenvalue weighted by Gasteiger charge is -1.83. The summed E-state index contributed by atoms with van der Waals surface area (Å²) in [5.74, 6) is 0. The molecule has 0 heterocycles. The number of nitrogens with zero attached hydrogens (tertiary/aromatic N) is 1. The van der Waals surface area contributed by atoms with Crippen LogP contribution in [0.15, 0.2) is 3.77 Å². The highest BCUT2D eigenvalue weighted by atomic mass is 32.2. The molecule has 44 valence electrons. The summed E-state index contributed by atoms with van der Waals surface area (Å²) >= 11 is 0.292. The van der Waals surface area contributed by atoms with Crippen LogP contribution in [-0.4, -0.2) is 25.0 Å². The molecule has 0 aliphatic heterocycles. The third-order valence-electron chi connectivity index (χ3n) is 0.298. The molecule has 0 bridgehead atoms. The fraction of sp³-hybridized carbons (Fsp3) is 1.00. The van der Waals surface area contributed by atoms with Crippen molar-refractivity contribution in [3.8, 4) is 0 Å². The minimum atomic E-state index is 0.292. The molecular formula is C4H12NS2+. The lowest BCUT2D eigenvalue weighted by Crippen LogP contribution is -1.90. The van der Waals surface area contributed by atoms with Crippen molar-refractivity contribution in [2.75, 3.05) is 25.0 Å². The second-order valence-corrected chi connectivity index (χ2v) is 5.31. The zero-order chi connectivity index (χ0) is 5.86. The van der Waals surface area contributed by atoms with E-state index in [4.69, 9.17) is 0 Å². The minimum Gasteiger partial charge on any atom is -0.0524 e. The van der Waals surface area contributed by atoms with Gasteiger partial charge in [0, 0.05) is 0 Å². The Morgan fingerprint density at radius 1 is 1.29 bits per heavy atom. The van der Waals surface area contributed by atoms with Crippen LogP contribution in [0.5, 0.6) is 0 Å². The Morgan fingerprint density at radius 2 is 1.71 bits per heavy atom. The van der Waals surface area contributed by atoms with Gasteiger partial charge < -0.3 is 0 Å². The average molecular weight is 138 g/mol. The summed E-state index contributed by atoms with van der Waals surface area (Å²) in [5.41, 5.74) is 0. The second kappa shape index (κ2) is 3.50. The molecule has 0 fully saturated rings. The zero-order valence-corrected chi connectivity index (χ0v) is 6.90. The first kappa shape index (κ1) is 7.50. The van der Waals surface area contributed by atoms with Gasteiger partial charge in [-0.3, -0.25) is 0 Å². The molecule has 0 aromatic carbocycles. The van der Waals surface area contributed by atoms with E-state index in [0.717, 1.165) is 0 Å². The molecule has 7 heavy (non-hydrogen) atoms. The molecule has 0 saturated heterocycles. The van der Waals surface area contributed by atoms with Gasteiger partial charge in [-0.15, -0.1) is 0 Å². The summed E-state index contributed by atoms with van der Waals surface area (Å²) in [6.07, 6.45) is 8.53. The molecule has 0 atom stereocenters. The molecule has 0 aromatic heterocycles. The van der Waals surface area contributed by atoms with Gasteiger partial charge in [0.2, 0.25) is 0 Å². The summed E-state index contributed by atoms with van der Waals surface area (Å²) in [4.78, 5) is 0. The van der Waals surface area contributed by atoms with E-state index in [-0.39, 0.29) is 0 Å². The van der Waals surface area contributed by atoms with Crippen LogP contribution in [0.25, 0.3) is 0 Å². The normalized spacial score (nSPS) is 10.6. The SMILES string of the molecule is CS(C)=N[S+](C)C. The van der Waals surface area contributed by atoms with Crippen LogP contribution in [0.3, 0.4) is 0 Å². The lowest BCUT2D eigenvalue weighted by molar-refractivity contribution is 1.93. The summed E-state index contributed by atoms with van der Waals surface area (Å²) in [7, 11) is 0.292. The molecule has 0 aromatic rings. The number of hydrogen-bond donors (Lipinski definition) is 0. The van der Waals surface area contributed by atoms with Crippen molar-refractivity contribution in [2.24, 2.45) is 3.77 Å². The third kappa shape index (κ3) is 6.50. The quantitative estimate of drug-likeness (QED) is 0.476.